The van der Waals surface area contributed by atoms with Gasteiger partial charge in [-0.05, 0) is 49.8 Å². The van der Waals surface area contributed by atoms with Crippen LogP contribution in [0.15, 0.2) is 30.3 Å². The molecule has 1 aromatic rings. The zero-order valence-electron chi connectivity index (χ0n) is 16.2. The molecule has 0 bridgehead atoms. The van der Waals surface area contributed by atoms with Crippen molar-refractivity contribution in [1.29, 1.82) is 0 Å². The second-order valence-electron chi connectivity index (χ2n) is 7.61. The Balaban J connectivity index is 1.59. The van der Waals surface area contributed by atoms with Crippen molar-refractivity contribution in [3.05, 3.63) is 35.9 Å². The van der Waals surface area contributed by atoms with Crippen LogP contribution in [-0.4, -0.2) is 55.3 Å². The molecular formula is C21H34N2O3. The first-order chi connectivity index (χ1) is 12.6. The molecule has 1 heterocycles. The monoisotopic (exact) mass is 362 g/mol. The maximum atomic E-state index is 12.0. The van der Waals surface area contributed by atoms with Crippen LogP contribution >= 0.6 is 0 Å². The van der Waals surface area contributed by atoms with Gasteiger partial charge in [-0.25, -0.2) is 0 Å². The summed E-state index contributed by atoms with van der Waals surface area (Å²) in [4.78, 5) is 14.2. The van der Waals surface area contributed by atoms with Gasteiger partial charge in [-0.1, -0.05) is 44.2 Å². The number of carbonyl (C=O) groups excluding carboxylic acids is 1. The number of rotatable bonds is 10. The molecule has 1 aliphatic heterocycles. The van der Waals surface area contributed by atoms with Gasteiger partial charge >= 0.3 is 0 Å². The van der Waals surface area contributed by atoms with E-state index in [2.05, 4.69) is 24.1 Å². The molecule has 26 heavy (non-hydrogen) atoms. The van der Waals surface area contributed by atoms with E-state index in [9.17, 15) is 9.90 Å². The van der Waals surface area contributed by atoms with Crippen LogP contribution in [0.2, 0.25) is 0 Å². The van der Waals surface area contributed by atoms with Gasteiger partial charge in [0.15, 0.2) is 0 Å². The Morgan fingerprint density at radius 2 is 1.92 bits per heavy atom. The minimum absolute atomic E-state index is 0.0551. The predicted molar refractivity (Wildman–Crippen MR) is 104 cm³/mol. The maximum absolute atomic E-state index is 12.0. The van der Waals surface area contributed by atoms with Crippen LogP contribution in [0.4, 0.5) is 0 Å². The molecule has 1 unspecified atom stereocenters. The standard InChI is InChI=1S/C21H34N2O3/c1-17(2)10-14-26-15-11-22-20(24)16-23-12-8-19(9-13-23)21(25)18-6-4-3-5-7-18/h3-7,17,19,21,25H,8-16H2,1-2H3,(H,22,24). The summed E-state index contributed by atoms with van der Waals surface area (Å²) in [6.45, 7) is 8.38. The molecule has 1 aromatic carbocycles. The number of piperidine rings is 1. The number of ether oxygens (including phenoxy) is 1. The van der Waals surface area contributed by atoms with Crippen LogP contribution in [0.5, 0.6) is 0 Å². The van der Waals surface area contributed by atoms with E-state index in [-0.39, 0.29) is 11.8 Å². The fourth-order valence-corrected chi connectivity index (χ4v) is 3.29. The number of benzene rings is 1. The quantitative estimate of drug-likeness (QED) is 0.628. The summed E-state index contributed by atoms with van der Waals surface area (Å²) >= 11 is 0. The van der Waals surface area contributed by atoms with Gasteiger partial charge in [0.2, 0.25) is 5.91 Å². The van der Waals surface area contributed by atoms with Gasteiger partial charge in [0.1, 0.15) is 0 Å². The zero-order valence-corrected chi connectivity index (χ0v) is 16.2. The number of hydrogen-bond acceptors (Lipinski definition) is 4. The molecule has 5 nitrogen and oxygen atoms in total. The van der Waals surface area contributed by atoms with Gasteiger partial charge in [-0.2, -0.15) is 0 Å². The van der Waals surface area contributed by atoms with Crippen molar-refractivity contribution >= 4 is 5.91 Å². The Morgan fingerprint density at radius 3 is 2.58 bits per heavy atom. The average molecular weight is 363 g/mol. The van der Waals surface area contributed by atoms with Gasteiger partial charge in [-0.3, -0.25) is 9.69 Å². The number of likely N-dealkylation sites (tertiary alicyclic amines) is 1. The van der Waals surface area contributed by atoms with E-state index < -0.39 is 6.10 Å². The molecule has 5 heteroatoms. The highest BCUT2D eigenvalue weighted by molar-refractivity contribution is 5.77. The Morgan fingerprint density at radius 1 is 1.23 bits per heavy atom. The lowest BCUT2D eigenvalue weighted by Crippen LogP contribution is -2.43. The van der Waals surface area contributed by atoms with E-state index in [1.165, 1.54) is 0 Å². The third-order valence-electron chi connectivity index (χ3n) is 5.00. The third kappa shape index (κ3) is 7.44. The first-order valence-electron chi connectivity index (χ1n) is 9.86. The lowest BCUT2D eigenvalue weighted by Gasteiger charge is -2.34. The highest BCUT2D eigenvalue weighted by atomic mass is 16.5. The van der Waals surface area contributed by atoms with Crippen molar-refractivity contribution in [2.45, 2.75) is 39.2 Å². The van der Waals surface area contributed by atoms with Gasteiger partial charge in [0.25, 0.3) is 0 Å². The number of hydrogen-bond donors (Lipinski definition) is 2. The number of aliphatic hydroxyl groups is 1. The molecule has 0 spiro atoms. The Bertz CT molecular complexity index is 513. The van der Waals surface area contributed by atoms with Crippen molar-refractivity contribution < 1.29 is 14.6 Å². The zero-order chi connectivity index (χ0) is 18.8. The average Bonchev–Trinajstić information content (AvgIpc) is 2.65. The molecule has 1 aliphatic rings. The van der Waals surface area contributed by atoms with E-state index in [0.29, 0.717) is 25.6 Å². The minimum atomic E-state index is -0.407. The summed E-state index contributed by atoms with van der Waals surface area (Å²) in [6, 6.07) is 9.85. The van der Waals surface area contributed by atoms with E-state index in [4.69, 9.17) is 4.74 Å². The fraction of sp³-hybridized carbons (Fsp3) is 0.667. The first-order valence-corrected chi connectivity index (χ1v) is 9.86. The topological polar surface area (TPSA) is 61.8 Å². The summed E-state index contributed by atoms with van der Waals surface area (Å²) in [5.41, 5.74) is 0.987. The van der Waals surface area contributed by atoms with Crippen molar-refractivity contribution in [1.82, 2.24) is 10.2 Å². The predicted octanol–water partition coefficient (Wildman–Crippen LogP) is 2.61. The van der Waals surface area contributed by atoms with E-state index in [1.54, 1.807) is 0 Å². The minimum Gasteiger partial charge on any atom is -0.388 e. The highest BCUT2D eigenvalue weighted by Gasteiger charge is 2.26. The molecule has 146 valence electrons. The first kappa shape index (κ1) is 20.9. The summed E-state index contributed by atoms with van der Waals surface area (Å²) in [5, 5.41) is 13.4. The molecule has 0 saturated carbocycles. The molecule has 1 atom stereocenters. The number of carbonyl (C=O) groups is 1. The van der Waals surface area contributed by atoms with Crippen LogP contribution in [0, 0.1) is 11.8 Å². The number of amides is 1. The largest absolute Gasteiger partial charge is 0.388 e. The van der Waals surface area contributed by atoms with Gasteiger partial charge in [0, 0.05) is 13.2 Å². The maximum Gasteiger partial charge on any atom is 0.234 e. The van der Waals surface area contributed by atoms with Crippen LogP contribution in [0.1, 0.15) is 44.8 Å². The van der Waals surface area contributed by atoms with Crippen LogP contribution in [0.3, 0.4) is 0 Å². The number of aliphatic hydroxyl groups excluding tert-OH is 1. The van der Waals surface area contributed by atoms with Crippen molar-refractivity contribution in [2.24, 2.45) is 11.8 Å². The lowest BCUT2D eigenvalue weighted by molar-refractivity contribution is -0.123. The molecule has 1 saturated heterocycles. The van der Waals surface area contributed by atoms with Crippen molar-refractivity contribution in [3.8, 4) is 0 Å². The van der Waals surface area contributed by atoms with Crippen LogP contribution < -0.4 is 5.32 Å². The van der Waals surface area contributed by atoms with E-state index in [0.717, 1.165) is 44.5 Å². The SMILES string of the molecule is CC(C)CCOCCNC(=O)CN1CCC(C(O)c2ccccc2)CC1. The molecular weight excluding hydrogens is 328 g/mol. The van der Waals surface area contributed by atoms with E-state index in [1.807, 2.05) is 30.3 Å². The Hall–Kier alpha value is -1.43. The second kappa shape index (κ2) is 11.3. The molecule has 0 aliphatic carbocycles. The molecule has 0 aromatic heterocycles. The highest BCUT2D eigenvalue weighted by Crippen LogP contribution is 2.30. The number of nitrogens with one attached hydrogen (secondary N) is 1. The molecule has 2 rings (SSSR count). The molecule has 0 radical (unpaired) electrons. The van der Waals surface area contributed by atoms with Crippen LogP contribution in [0.25, 0.3) is 0 Å². The van der Waals surface area contributed by atoms with Crippen molar-refractivity contribution in [3.63, 3.8) is 0 Å². The summed E-state index contributed by atoms with van der Waals surface area (Å²) in [6.07, 6.45) is 2.48. The molecule has 1 amide bonds. The Kier molecular flexibility index (Phi) is 9.09. The van der Waals surface area contributed by atoms with E-state index >= 15 is 0 Å². The van der Waals surface area contributed by atoms with Gasteiger partial charge in [0.05, 0.1) is 19.3 Å². The van der Waals surface area contributed by atoms with Crippen molar-refractivity contribution in [2.75, 3.05) is 39.4 Å². The van der Waals surface area contributed by atoms with Gasteiger partial charge in [-0.15, -0.1) is 0 Å². The Labute approximate surface area is 157 Å². The summed E-state index contributed by atoms with van der Waals surface area (Å²) in [7, 11) is 0. The fourth-order valence-electron chi connectivity index (χ4n) is 3.29. The second-order valence-corrected chi connectivity index (χ2v) is 7.61. The summed E-state index contributed by atoms with van der Waals surface area (Å²) in [5.74, 6) is 0.971. The smallest absolute Gasteiger partial charge is 0.234 e. The molecule has 1 fully saturated rings. The van der Waals surface area contributed by atoms with Crippen LogP contribution in [-0.2, 0) is 9.53 Å². The normalized spacial score (nSPS) is 17.4. The van der Waals surface area contributed by atoms with Gasteiger partial charge < -0.3 is 15.2 Å². The third-order valence-corrected chi connectivity index (χ3v) is 5.00. The molecule has 2 N–H and O–H groups in total. The lowest BCUT2D eigenvalue weighted by atomic mass is 9.87. The number of nitrogens with zero attached hydrogens (tertiary/aromatic N) is 1. The summed E-state index contributed by atoms with van der Waals surface area (Å²) < 4.78 is 5.51.